The third-order valence-corrected chi connectivity index (χ3v) is 8.41. The maximum absolute atomic E-state index is 14.5. The van der Waals surface area contributed by atoms with Crippen molar-refractivity contribution in [1.29, 1.82) is 0 Å². The highest BCUT2D eigenvalue weighted by Gasteiger charge is 2.27. The van der Waals surface area contributed by atoms with Crippen LogP contribution in [0.15, 0.2) is 29.8 Å². The van der Waals surface area contributed by atoms with Crippen molar-refractivity contribution in [3.05, 3.63) is 68.8 Å². The topological polar surface area (TPSA) is 101 Å². The molecule has 0 bridgehead atoms. The molecule has 0 spiro atoms. The molecule has 0 saturated carbocycles. The molecule has 16 heteroatoms. The molecule has 1 aromatic carbocycles. The van der Waals surface area contributed by atoms with Gasteiger partial charge in [0.05, 0.1) is 17.0 Å². The first-order chi connectivity index (χ1) is 19.5. The normalized spacial score (nSPS) is 18.8. The van der Waals surface area contributed by atoms with Crippen molar-refractivity contribution in [2.24, 2.45) is 0 Å². The average Bonchev–Trinajstić information content (AvgIpc) is 3.52. The lowest BCUT2D eigenvalue weighted by Gasteiger charge is -2.30. The van der Waals surface area contributed by atoms with Crippen molar-refractivity contribution < 1.29 is 34.6 Å². The molecule has 2 aliphatic rings. The largest absolute Gasteiger partial charge is 0.382 e. The minimum atomic E-state index is -3.79. The van der Waals surface area contributed by atoms with Crippen molar-refractivity contribution in [2.75, 3.05) is 19.3 Å². The van der Waals surface area contributed by atoms with E-state index in [2.05, 4.69) is 15.7 Å². The Bertz CT molecular complexity index is 1520. The van der Waals surface area contributed by atoms with Gasteiger partial charge in [-0.3, -0.25) is 10.6 Å². The standard InChI is InChI=1S/C25H27F5N6O3S2/c1-41(37,38)39-21-3-2-17(26)15-11-31-24(32-12-16(15)21)19-13-40-25(33-19)14-4-6-35(7-5-14)8-9-36-20(23(29)30)10-18(34-36)22(27)28/h2-3,8-10,13-14,22-24,31-32H,4-7,11-12H2,1H3. The van der Waals surface area contributed by atoms with Crippen LogP contribution in [0.25, 0.3) is 6.20 Å². The fraction of sp³-hybridized carbons (Fsp3) is 0.440. The number of piperidine rings is 1. The van der Waals surface area contributed by atoms with E-state index < -0.39 is 46.3 Å². The summed E-state index contributed by atoms with van der Waals surface area (Å²) < 4.78 is 96.0. The quantitative estimate of drug-likeness (QED) is 0.272. The minimum Gasteiger partial charge on any atom is -0.382 e. The Morgan fingerprint density at radius 2 is 1.78 bits per heavy atom. The maximum atomic E-state index is 14.5. The molecule has 0 radical (unpaired) electrons. The number of likely N-dealkylation sites (tertiary alicyclic amines) is 1. The van der Waals surface area contributed by atoms with E-state index in [1.165, 1.54) is 29.7 Å². The van der Waals surface area contributed by atoms with Crippen molar-refractivity contribution in [3.63, 3.8) is 0 Å². The minimum absolute atomic E-state index is 0.0751. The van der Waals surface area contributed by atoms with Crippen LogP contribution in [0.3, 0.4) is 0 Å². The maximum Gasteiger partial charge on any atom is 0.306 e. The van der Waals surface area contributed by atoms with Gasteiger partial charge in [-0.05, 0) is 31.0 Å². The fourth-order valence-corrected chi connectivity index (χ4v) is 6.35. The fourth-order valence-electron chi connectivity index (χ4n) is 4.85. The smallest absolute Gasteiger partial charge is 0.306 e. The molecule has 2 N–H and O–H groups in total. The predicted molar refractivity (Wildman–Crippen MR) is 141 cm³/mol. The molecule has 1 saturated heterocycles. The van der Waals surface area contributed by atoms with E-state index in [0.29, 0.717) is 30.3 Å². The molecule has 2 aromatic heterocycles. The summed E-state index contributed by atoms with van der Waals surface area (Å²) in [5, 5.41) is 12.9. The van der Waals surface area contributed by atoms with Gasteiger partial charge in [-0.25, -0.2) is 31.6 Å². The number of thiazole rings is 1. The van der Waals surface area contributed by atoms with Crippen molar-refractivity contribution >= 4 is 27.7 Å². The molecule has 3 aromatic rings. The molecule has 222 valence electrons. The summed E-state index contributed by atoms with van der Waals surface area (Å²) in [6, 6.07) is 3.19. The monoisotopic (exact) mass is 618 g/mol. The number of hydrogen-bond acceptors (Lipinski definition) is 9. The van der Waals surface area contributed by atoms with Crippen LogP contribution in [0, 0.1) is 5.82 Å². The number of aromatic nitrogens is 3. The second-order valence-corrected chi connectivity index (χ2v) is 12.2. The molecule has 1 atom stereocenters. The van der Waals surface area contributed by atoms with Gasteiger partial charge in [-0.15, -0.1) is 11.3 Å². The Labute approximate surface area is 237 Å². The Kier molecular flexibility index (Phi) is 8.63. The molecular weight excluding hydrogens is 591 g/mol. The summed E-state index contributed by atoms with van der Waals surface area (Å²) in [5.74, 6) is -0.227. The first kappa shape index (κ1) is 29.4. The second-order valence-electron chi connectivity index (χ2n) is 9.74. The molecule has 0 amide bonds. The molecule has 1 fully saturated rings. The summed E-state index contributed by atoms with van der Waals surface area (Å²) in [5.41, 5.74) is 0.171. The highest BCUT2D eigenvalue weighted by atomic mass is 32.2. The van der Waals surface area contributed by atoms with Crippen LogP contribution < -0.4 is 14.8 Å². The first-order valence-corrected chi connectivity index (χ1v) is 15.4. The molecule has 41 heavy (non-hydrogen) atoms. The molecule has 1 unspecified atom stereocenters. The predicted octanol–water partition coefficient (Wildman–Crippen LogP) is 4.89. The van der Waals surface area contributed by atoms with Gasteiger partial charge in [-0.2, -0.15) is 13.5 Å². The third kappa shape index (κ3) is 6.88. The zero-order valence-corrected chi connectivity index (χ0v) is 23.4. The summed E-state index contributed by atoms with van der Waals surface area (Å²) in [6.45, 7) is 1.52. The zero-order chi connectivity index (χ0) is 29.3. The van der Waals surface area contributed by atoms with Gasteiger partial charge < -0.3 is 9.08 Å². The number of nitrogens with one attached hydrogen (secondary N) is 2. The number of fused-ring (bicyclic) bond motifs is 1. The number of halogens is 5. The van der Waals surface area contributed by atoms with Crippen LogP contribution in [-0.4, -0.2) is 47.4 Å². The SMILES string of the molecule is CS(=O)(=O)Oc1ccc(F)c2c1CNC(c1csc(C3CCN(C=Cn4nc(C(F)F)cc4C(F)F)CC3)n1)NC2. The van der Waals surface area contributed by atoms with Crippen LogP contribution in [0.4, 0.5) is 22.0 Å². The highest BCUT2D eigenvalue weighted by Crippen LogP contribution is 2.33. The number of rotatable bonds is 8. The van der Waals surface area contributed by atoms with E-state index >= 15 is 0 Å². The summed E-state index contributed by atoms with van der Waals surface area (Å²) in [4.78, 5) is 6.72. The van der Waals surface area contributed by atoms with E-state index in [0.717, 1.165) is 34.5 Å². The van der Waals surface area contributed by atoms with Gasteiger partial charge in [0, 0.05) is 61.0 Å². The van der Waals surface area contributed by atoms with E-state index in [9.17, 15) is 30.4 Å². The molecule has 5 rings (SSSR count). The van der Waals surface area contributed by atoms with Gasteiger partial charge in [0.15, 0.2) is 0 Å². The lowest BCUT2D eigenvalue weighted by Crippen LogP contribution is -2.31. The third-order valence-electron chi connectivity index (χ3n) is 6.90. The van der Waals surface area contributed by atoms with Crippen LogP contribution in [0.2, 0.25) is 0 Å². The van der Waals surface area contributed by atoms with E-state index in [1.807, 2.05) is 10.3 Å². The van der Waals surface area contributed by atoms with E-state index in [-0.39, 0.29) is 24.8 Å². The van der Waals surface area contributed by atoms with Crippen molar-refractivity contribution in [1.82, 2.24) is 30.3 Å². The number of hydrogen-bond donors (Lipinski definition) is 2. The molecule has 2 aliphatic heterocycles. The summed E-state index contributed by atoms with van der Waals surface area (Å²) in [6.07, 6.45) is -1.01. The molecule has 4 heterocycles. The van der Waals surface area contributed by atoms with Crippen molar-refractivity contribution in [3.8, 4) is 5.75 Å². The first-order valence-electron chi connectivity index (χ1n) is 12.7. The lowest BCUT2D eigenvalue weighted by atomic mass is 9.98. The Morgan fingerprint density at radius 3 is 2.44 bits per heavy atom. The second kappa shape index (κ2) is 12.0. The van der Waals surface area contributed by atoms with Crippen molar-refractivity contribution in [2.45, 2.75) is 50.9 Å². The number of benzene rings is 1. The van der Waals surface area contributed by atoms with Crippen LogP contribution in [0.1, 0.15) is 71.0 Å². The lowest BCUT2D eigenvalue weighted by molar-refractivity contribution is 0.143. The van der Waals surface area contributed by atoms with Gasteiger partial charge in [0.2, 0.25) is 0 Å². The van der Waals surface area contributed by atoms with E-state index in [1.54, 1.807) is 6.20 Å². The number of nitrogens with zero attached hydrogens (tertiary/aromatic N) is 4. The number of alkyl halides is 4. The zero-order valence-electron chi connectivity index (χ0n) is 21.7. The Balaban J connectivity index is 1.20. The Hall–Kier alpha value is -3.08. The molecule has 9 nitrogen and oxygen atoms in total. The van der Waals surface area contributed by atoms with Crippen LogP contribution >= 0.6 is 11.3 Å². The average molecular weight is 619 g/mol. The van der Waals surface area contributed by atoms with Gasteiger partial charge in [-0.1, -0.05) is 0 Å². The van der Waals surface area contributed by atoms with Crippen LogP contribution in [0.5, 0.6) is 5.75 Å². The summed E-state index contributed by atoms with van der Waals surface area (Å²) >= 11 is 1.50. The van der Waals surface area contributed by atoms with Crippen LogP contribution in [-0.2, 0) is 23.2 Å². The highest BCUT2D eigenvalue weighted by molar-refractivity contribution is 7.86. The molecule has 0 aliphatic carbocycles. The van der Waals surface area contributed by atoms with Gasteiger partial charge in [0.25, 0.3) is 12.9 Å². The van der Waals surface area contributed by atoms with E-state index in [4.69, 9.17) is 9.17 Å². The summed E-state index contributed by atoms with van der Waals surface area (Å²) in [7, 11) is -3.79. The molecular formula is C25H27F5N6O3S2. The van der Waals surface area contributed by atoms with Gasteiger partial charge in [0.1, 0.15) is 29.1 Å². The van der Waals surface area contributed by atoms with Gasteiger partial charge >= 0.3 is 10.1 Å². The Morgan fingerprint density at radius 1 is 1.07 bits per heavy atom.